The molecule has 2 rings (SSSR count). The van der Waals surface area contributed by atoms with Crippen LogP contribution in [-0.4, -0.2) is 34.3 Å². The molecule has 1 saturated heterocycles. The van der Waals surface area contributed by atoms with E-state index in [4.69, 9.17) is 0 Å². The number of amides is 2. The van der Waals surface area contributed by atoms with Crippen LogP contribution in [0.5, 0.6) is 0 Å². The summed E-state index contributed by atoms with van der Waals surface area (Å²) < 4.78 is 0. The summed E-state index contributed by atoms with van der Waals surface area (Å²) in [6, 6.07) is -0.533. The molecule has 0 radical (unpaired) electrons. The highest BCUT2D eigenvalue weighted by Gasteiger charge is 2.37. The number of hydrogen-bond acceptors (Lipinski definition) is 4. The quantitative estimate of drug-likeness (QED) is 0.925. The maximum atomic E-state index is 12.5. The lowest BCUT2D eigenvalue weighted by molar-refractivity contribution is -0.147. The number of carbonyl (C=O) groups excluding carboxylic acids is 2. The molecule has 1 N–H and O–H groups in total. The number of hydrogen-bond donors (Lipinski definition) is 1. The smallest absolute Gasteiger partial charge is 0.246 e. The predicted octanol–water partition coefficient (Wildman–Crippen LogP) is 1.80. The SMILES string of the molecule is Cc1nc(C)c(C(C)N2CC(=O)NC(C(C)C)C2=O)s1. The molecule has 0 saturated carbocycles. The van der Waals surface area contributed by atoms with Gasteiger partial charge >= 0.3 is 0 Å². The number of thiazole rings is 1. The van der Waals surface area contributed by atoms with E-state index < -0.39 is 6.04 Å². The van der Waals surface area contributed by atoms with Gasteiger partial charge in [0.1, 0.15) is 12.6 Å². The maximum Gasteiger partial charge on any atom is 0.246 e. The van der Waals surface area contributed by atoms with Crippen molar-refractivity contribution in [3.8, 4) is 0 Å². The number of rotatable bonds is 3. The third-order valence-electron chi connectivity index (χ3n) is 3.63. The Morgan fingerprint density at radius 2 is 1.95 bits per heavy atom. The Labute approximate surface area is 123 Å². The summed E-state index contributed by atoms with van der Waals surface area (Å²) in [7, 11) is 0. The average molecular weight is 295 g/mol. The number of carbonyl (C=O) groups is 2. The van der Waals surface area contributed by atoms with Gasteiger partial charge in [-0.3, -0.25) is 9.59 Å². The maximum absolute atomic E-state index is 12.5. The minimum Gasteiger partial charge on any atom is -0.343 e. The first-order valence-electron chi connectivity index (χ1n) is 6.85. The number of piperazine rings is 1. The van der Waals surface area contributed by atoms with E-state index in [1.165, 1.54) is 0 Å². The van der Waals surface area contributed by atoms with Crippen molar-refractivity contribution in [2.75, 3.05) is 6.54 Å². The van der Waals surface area contributed by atoms with Gasteiger partial charge in [-0.05, 0) is 26.7 Å². The van der Waals surface area contributed by atoms with Crippen LogP contribution in [0.4, 0.5) is 0 Å². The van der Waals surface area contributed by atoms with Crippen molar-refractivity contribution in [2.45, 2.75) is 46.7 Å². The Bertz CT molecular complexity index is 539. The largest absolute Gasteiger partial charge is 0.343 e. The van der Waals surface area contributed by atoms with E-state index in [1.54, 1.807) is 16.2 Å². The zero-order valence-corrected chi connectivity index (χ0v) is 13.4. The molecule has 1 aromatic rings. The number of nitrogens with one attached hydrogen (secondary N) is 1. The van der Waals surface area contributed by atoms with Crippen molar-refractivity contribution in [3.63, 3.8) is 0 Å². The second-order valence-electron chi connectivity index (χ2n) is 5.61. The number of aromatic nitrogens is 1. The Kier molecular flexibility index (Phi) is 4.13. The van der Waals surface area contributed by atoms with Crippen molar-refractivity contribution in [2.24, 2.45) is 5.92 Å². The highest BCUT2D eigenvalue weighted by Crippen LogP contribution is 2.30. The Hall–Kier alpha value is -1.43. The van der Waals surface area contributed by atoms with Crippen LogP contribution < -0.4 is 5.32 Å². The molecular weight excluding hydrogens is 274 g/mol. The molecule has 5 nitrogen and oxygen atoms in total. The Morgan fingerprint density at radius 1 is 1.30 bits per heavy atom. The van der Waals surface area contributed by atoms with Gasteiger partial charge in [0.2, 0.25) is 11.8 Å². The third kappa shape index (κ3) is 2.70. The first kappa shape index (κ1) is 15.0. The fourth-order valence-electron chi connectivity index (χ4n) is 2.55. The van der Waals surface area contributed by atoms with Crippen LogP contribution in [0.1, 0.15) is 42.4 Å². The number of nitrogens with zero attached hydrogens (tertiary/aromatic N) is 2. The lowest BCUT2D eigenvalue weighted by Crippen LogP contribution is -2.60. The summed E-state index contributed by atoms with van der Waals surface area (Å²) in [5.41, 5.74) is 0.944. The minimum atomic E-state index is -0.423. The predicted molar refractivity (Wildman–Crippen MR) is 78.5 cm³/mol. The van der Waals surface area contributed by atoms with Gasteiger partial charge in [0.15, 0.2) is 0 Å². The van der Waals surface area contributed by atoms with Crippen molar-refractivity contribution in [1.29, 1.82) is 0 Å². The highest BCUT2D eigenvalue weighted by atomic mass is 32.1. The van der Waals surface area contributed by atoms with Crippen molar-refractivity contribution in [3.05, 3.63) is 15.6 Å². The molecule has 2 atom stereocenters. The first-order valence-corrected chi connectivity index (χ1v) is 7.66. The lowest BCUT2D eigenvalue weighted by Gasteiger charge is -2.37. The lowest BCUT2D eigenvalue weighted by atomic mass is 9.99. The van der Waals surface area contributed by atoms with Gasteiger partial charge in [-0.1, -0.05) is 13.8 Å². The van der Waals surface area contributed by atoms with Crippen molar-refractivity contribution < 1.29 is 9.59 Å². The normalized spacial score (nSPS) is 21.3. The van der Waals surface area contributed by atoms with Crippen LogP contribution in [0.25, 0.3) is 0 Å². The fourth-order valence-corrected chi connectivity index (χ4v) is 3.54. The molecule has 6 heteroatoms. The summed E-state index contributed by atoms with van der Waals surface area (Å²) in [4.78, 5) is 31.5. The molecular formula is C14H21N3O2S. The van der Waals surface area contributed by atoms with Gasteiger partial charge in [0, 0.05) is 4.88 Å². The van der Waals surface area contributed by atoms with E-state index in [-0.39, 0.29) is 30.3 Å². The van der Waals surface area contributed by atoms with Crippen LogP contribution in [-0.2, 0) is 9.59 Å². The van der Waals surface area contributed by atoms with Gasteiger partial charge in [0.25, 0.3) is 0 Å². The molecule has 0 spiro atoms. The summed E-state index contributed by atoms with van der Waals surface area (Å²) in [5, 5.41) is 3.76. The zero-order valence-electron chi connectivity index (χ0n) is 12.6. The molecule has 2 amide bonds. The van der Waals surface area contributed by atoms with E-state index in [1.807, 2.05) is 34.6 Å². The van der Waals surface area contributed by atoms with Crippen molar-refractivity contribution in [1.82, 2.24) is 15.2 Å². The monoisotopic (exact) mass is 295 g/mol. The Morgan fingerprint density at radius 3 is 2.45 bits per heavy atom. The fraction of sp³-hybridized carbons (Fsp3) is 0.643. The second kappa shape index (κ2) is 5.52. The zero-order chi connectivity index (χ0) is 15.0. The molecule has 0 bridgehead atoms. The van der Waals surface area contributed by atoms with Gasteiger partial charge in [-0.2, -0.15) is 0 Å². The molecule has 0 aliphatic carbocycles. The molecule has 20 heavy (non-hydrogen) atoms. The van der Waals surface area contributed by atoms with E-state index in [2.05, 4.69) is 10.3 Å². The molecule has 2 unspecified atom stereocenters. The summed E-state index contributed by atoms with van der Waals surface area (Å²) in [6.07, 6.45) is 0. The van der Waals surface area contributed by atoms with E-state index in [0.29, 0.717) is 0 Å². The van der Waals surface area contributed by atoms with Crippen LogP contribution in [0.2, 0.25) is 0 Å². The van der Waals surface area contributed by atoms with E-state index in [9.17, 15) is 9.59 Å². The van der Waals surface area contributed by atoms with Crippen LogP contribution in [0.15, 0.2) is 0 Å². The standard InChI is InChI=1S/C14H21N3O2S/c1-7(2)12-14(19)17(6-11(18)16-12)9(4)13-8(3)15-10(5)20-13/h7,9,12H,6H2,1-5H3,(H,16,18). The highest BCUT2D eigenvalue weighted by molar-refractivity contribution is 7.11. The van der Waals surface area contributed by atoms with Gasteiger partial charge in [0.05, 0.1) is 16.7 Å². The van der Waals surface area contributed by atoms with Crippen LogP contribution in [0.3, 0.4) is 0 Å². The van der Waals surface area contributed by atoms with Crippen LogP contribution >= 0.6 is 11.3 Å². The molecule has 1 aliphatic rings. The molecule has 2 heterocycles. The van der Waals surface area contributed by atoms with Gasteiger partial charge in [-0.25, -0.2) is 4.98 Å². The van der Waals surface area contributed by atoms with Crippen molar-refractivity contribution >= 4 is 23.2 Å². The summed E-state index contributed by atoms with van der Waals surface area (Å²) >= 11 is 1.59. The van der Waals surface area contributed by atoms with Crippen LogP contribution in [0, 0.1) is 19.8 Å². The van der Waals surface area contributed by atoms with Gasteiger partial charge < -0.3 is 10.2 Å². The molecule has 0 aromatic carbocycles. The molecule has 1 aliphatic heterocycles. The first-order chi connectivity index (χ1) is 9.31. The topological polar surface area (TPSA) is 62.3 Å². The van der Waals surface area contributed by atoms with Gasteiger partial charge in [-0.15, -0.1) is 11.3 Å². The molecule has 110 valence electrons. The molecule has 1 fully saturated rings. The van der Waals surface area contributed by atoms with E-state index >= 15 is 0 Å². The summed E-state index contributed by atoms with van der Waals surface area (Å²) in [6.45, 7) is 9.88. The summed E-state index contributed by atoms with van der Waals surface area (Å²) in [5.74, 6) is -0.00247. The number of aryl methyl sites for hydroxylation is 2. The second-order valence-corrected chi connectivity index (χ2v) is 6.85. The average Bonchev–Trinajstić information content (AvgIpc) is 2.69. The minimum absolute atomic E-state index is 0.00227. The molecule has 1 aromatic heterocycles. The van der Waals surface area contributed by atoms with E-state index in [0.717, 1.165) is 15.6 Å². The Balaban J connectivity index is 2.28. The third-order valence-corrected chi connectivity index (χ3v) is 4.88.